The fourth-order valence-corrected chi connectivity index (χ4v) is 2.91. The van der Waals surface area contributed by atoms with Crippen molar-refractivity contribution in [2.75, 3.05) is 27.2 Å². The Labute approximate surface area is 113 Å². The summed E-state index contributed by atoms with van der Waals surface area (Å²) in [5.74, 6) is -0.300. The first-order valence-corrected chi connectivity index (χ1v) is 6.45. The normalized spacial score (nSPS) is 23.8. The van der Waals surface area contributed by atoms with Crippen molar-refractivity contribution in [1.29, 1.82) is 0 Å². The van der Waals surface area contributed by atoms with E-state index in [9.17, 15) is 9.50 Å². The maximum Gasteiger partial charge on any atom is 0.196 e. The summed E-state index contributed by atoms with van der Waals surface area (Å²) in [6.45, 7) is 3.32. The third-order valence-corrected chi connectivity index (χ3v) is 4.03. The minimum absolute atomic E-state index is 0.0859. The van der Waals surface area contributed by atoms with Crippen LogP contribution in [-0.4, -0.2) is 37.3 Å². The van der Waals surface area contributed by atoms with Crippen LogP contribution in [0, 0.1) is 18.7 Å². The lowest BCUT2D eigenvalue weighted by molar-refractivity contribution is 0.307. The van der Waals surface area contributed by atoms with Crippen molar-refractivity contribution in [2.45, 2.75) is 19.4 Å². The van der Waals surface area contributed by atoms with Crippen molar-refractivity contribution < 1.29 is 14.2 Å². The fourth-order valence-electron chi connectivity index (χ4n) is 2.91. The summed E-state index contributed by atoms with van der Waals surface area (Å²) >= 11 is 0. The van der Waals surface area contributed by atoms with E-state index in [4.69, 9.17) is 10.5 Å². The van der Waals surface area contributed by atoms with E-state index in [2.05, 4.69) is 4.90 Å². The molecule has 0 amide bonds. The lowest BCUT2D eigenvalue weighted by Gasteiger charge is -2.23. The van der Waals surface area contributed by atoms with Gasteiger partial charge >= 0.3 is 0 Å². The number of nitrogens with two attached hydrogens (primary N) is 1. The summed E-state index contributed by atoms with van der Waals surface area (Å²) in [6, 6.07) is 1.56. The van der Waals surface area contributed by atoms with Gasteiger partial charge in [0.25, 0.3) is 0 Å². The van der Waals surface area contributed by atoms with E-state index in [0.29, 0.717) is 18.0 Å². The number of rotatable bonds is 3. The Hall–Kier alpha value is -1.33. The third-order valence-electron chi connectivity index (χ3n) is 4.03. The minimum atomic E-state index is -0.523. The van der Waals surface area contributed by atoms with Gasteiger partial charge in [-0.3, -0.25) is 4.90 Å². The zero-order valence-corrected chi connectivity index (χ0v) is 11.6. The highest BCUT2D eigenvalue weighted by molar-refractivity contribution is 5.51. The highest BCUT2D eigenvalue weighted by atomic mass is 19.1. The highest BCUT2D eigenvalue weighted by Gasteiger charge is 2.32. The average molecular weight is 268 g/mol. The molecule has 1 aromatic carbocycles. The number of hydrogen-bond donors (Lipinski definition) is 2. The van der Waals surface area contributed by atoms with E-state index >= 15 is 0 Å². The number of hydrogen-bond acceptors (Lipinski definition) is 4. The molecule has 5 heteroatoms. The third kappa shape index (κ3) is 2.40. The number of halogens is 1. The lowest BCUT2D eigenvalue weighted by atomic mass is 9.95. The van der Waals surface area contributed by atoms with Crippen LogP contribution in [0.2, 0.25) is 0 Å². The van der Waals surface area contributed by atoms with Crippen LogP contribution in [0.1, 0.15) is 23.6 Å². The largest absolute Gasteiger partial charge is 0.504 e. The van der Waals surface area contributed by atoms with E-state index in [1.807, 2.05) is 7.05 Å². The topological polar surface area (TPSA) is 58.7 Å². The van der Waals surface area contributed by atoms with Gasteiger partial charge in [-0.2, -0.15) is 0 Å². The van der Waals surface area contributed by atoms with Gasteiger partial charge in [0.1, 0.15) is 0 Å². The van der Waals surface area contributed by atoms with Crippen LogP contribution < -0.4 is 10.5 Å². The van der Waals surface area contributed by atoms with Crippen molar-refractivity contribution >= 4 is 0 Å². The molecule has 1 aromatic rings. The van der Waals surface area contributed by atoms with E-state index in [-0.39, 0.29) is 17.5 Å². The van der Waals surface area contributed by atoms with Gasteiger partial charge in [-0.25, -0.2) is 4.39 Å². The first-order valence-electron chi connectivity index (χ1n) is 6.45. The standard InChI is InChI=1S/C14H21FN2O2/c1-8-10(5-11(15)14(19-3)13(8)18)12-4-9(6-16)7-17(12)2/h5,9,12,18H,4,6-7,16H2,1-3H3. The number of phenolic OH excluding ortho intramolecular Hbond substituents is 1. The van der Waals surface area contributed by atoms with Gasteiger partial charge in [-0.15, -0.1) is 0 Å². The molecule has 0 spiro atoms. The zero-order valence-electron chi connectivity index (χ0n) is 11.6. The van der Waals surface area contributed by atoms with Crippen molar-refractivity contribution in [3.8, 4) is 11.5 Å². The summed E-state index contributed by atoms with van der Waals surface area (Å²) in [5.41, 5.74) is 7.20. The van der Waals surface area contributed by atoms with Crippen molar-refractivity contribution in [1.82, 2.24) is 4.90 Å². The predicted molar refractivity (Wildman–Crippen MR) is 71.9 cm³/mol. The second-order valence-electron chi connectivity index (χ2n) is 5.25. The molecule has 2 rings (SSSR count). The quantitative estimate of drug-likeness (QED) is 0.877. The number of methoxy groups -OCH3 is 1. The second-order valence-corrected chi connectivity index (χ2v) is 5.25. The van der Waals surface area contributed by atoms with E-state index in [0.717, 1.165) is 18.5 Å². The molecule has 0 aromatic heterocycles. The summed E-state index contributed by atoms with van der Waals surface area (Å²) < 4.78 is 18.8. The molecule has 19 heavy (non-hydrogen) atoms. The number of nitrogens with zero attached hydrogens (tertiary/aromatic N) is 1. The number of aromatic hydroxyl groups is 1. The lowest BCUT2D eigenvalue weighted by Crippen LogP contribution is -2.21. The maximum absolute atomic E-state index is 13.9. The molecule has 4 nitrogen and oxygen atoms in total. The smallest absolute Gasteiger partial charge is 0.196 e. The maximum atomic E-state index is 13.9. The molecular formula is C14H21FN2O2. The van der Waals surface area contributed by atoms with Crippen molar-refractivity contribution in [3.05, 3.63) is 23.0 Å². The molecule has 106 valence electrons. The molecule has 1 aliphatic rings. The Balaban J connectivity index is 2.41. The van der Waals surface area contributed by atoms with Crippen LogP contribution >= 0.6 is 0 Å². The van der Waals surface area contributed by atoms with E-state index in [1.54, 1.807) is 6.92 Å². The molecule has 2 atom stereocenters. The summed E-state index contributed by atoms with van der Waals surface area (Å²) in [6.07, 6.45) is 0.888. The predicted octanol–water partition coefficient (Wildman–Crippen LogP) is 1.80. The number of ether oxygens (including phenoxy) is 1. The van der Waals surface area contributed by atoms with Crippen LogP contribution in [0.4, 0.5) is 4.39 Å². The number of likely N-dealkylation sites (tertiary alicyclic amines) is 1. The molecule has 0 aliphatic carbocycles. The molecule has 1 heterocycles. The zero-order chi connectivity index (χ0) is 14.2. The Bertz CT molecular complexity index is 479. The minimum Gasteiger partial charge on any atom is -0.504 e. The molecule has 3 N–H and O–H groups in total. The number of benzene rings is 1. The second kappa shape index (κ2) is 5.35. The average Bonchev–Trinajstić information content (AvgIpc) is 2.76. The molecule has 1 aliphatic heterocycles. The molecule has 0 radical (unpaired) electrons. The Morgan fingerprint density at radius 2 is 2.26 bits per heavy atom. The Morgan fingerprint density at radius 3 is 2.79 bits per heavy atom. The molecule has 1 saturated heterocycles. The summed E-state index contributed by atoms with van der Waals surface area (Å²) in [4.78, 5) is 2.16. The monoisotopic (exact) mass is 268 g/mol. The fraction of sp³-hybridized carbons (Fsp3) is 0.571. The van der Waals surface area contributed by atoms with Gasteiger partial charge in [-0.1, -0.05) is 0 Å². The highest BCUT2D eigenvalue weighted by Crippen LogP contribution is 2.42. The van der Waals surface area contributed by atoms with Crippen LogP contribution in [0.15, 0.2) is 6.07 Å². The van der Waals surface area contributed by atoms with Gasteiger partial charge in [0.15, 0.2) is 17.3 Å². The SMILES string of the molecule is COc1c(F)cc(C2CC(CN)CN2C)c(C)c1O. The van der Waals surface area contributed by atoms with Crippen molar-refractivity contribution in [3.63, 3.8) is 0 Å². The molecule has 0 bridgehead atoms. The van der Waals surface area contributed by atoms with E-state index < -0.39 is 5.82 Å². The molecule has 0 saturated carbocycles. The number of phenols is 1. The van der Waals surface area contributed by atoms with Crippen LogP contribution in [0.5, 0.6) is 11.5 Å². The van der Waals surface area contributed by atoms with Gasteiger partial charge < -0.3 is 15.6 Å². The first-order chi connectivity index (χ1) is 8.99. The summed E-state index contributed by atoms with van der Waals surface area (Å²) in [5, 5.41) is 10.0. The van der Waals surface area contributed by atoms with E-state index in [1.165, 1.54) is 13.2 Å². The van der Waals surface area contributed by atoms with Gasteiger partial charge in [0.2, 0.25) is 0 Å². The first kappa shape index (κ1) is 14.1. The van der Waals surface area contributed by atoms with Crippen LogP contribution in [0.3, 0.4) is 0 Å². The van der Waals surface area contributed by atoms with Gasteiger partial charge in [0.05, 0.1) is 7.11 Å². The van der Waals surface area contributed by atoms with Crippen molar-refractivity contribution in [2.24, 2.45) is 11.7 Å². The molecular weight excluding hydrogens is 247 g/mol. The Morgan fingerprint density at radius 1 is 1.58 bits per heavy atom. The van der Waals surface area contributed by atoms with Crippen LogP contribution in [-0.2, 0) is 0 Å². The Kier molecular flexibility index (Phi) is 3.96. The summed E-state index contributed by atoms with van der Waals surface area (Å²) in [7, 11) is 3.35. The van der Waals surface area contributed by atoms with Gasteiger partial charge in [-0.05, 0) is 50.0 Å². The van der Waals surface area contributed by atoms with Crippen LogP contribution in [0.25, 0.3) is 0 Å². The van der Waals surface area contributed by atoms with Gasteiger partial charge in [0, 0.05) is 12.6 Å². The molecule has 2 unspecified atom stereocenters. The molecule has 1 fully saturated rings.